The topological polar surface area (TPSA) is 48.2 Å². The van der Waals surface area contributed by atoms with Gasteiger partial charge in [0.1, 0.15) is 0 Å². The molecule has 0 N–H and O–H groups in total. The van der Waals surface area contributed by atoms with Crippen molar-refractivity contribution in [3.8, 4) is 0 Å². The smallest absolute Gasteiger partial charge is 0.230 e. The predicted octanol–water partition coefficient (Wildman–Crippen LogP) is 2.90. The predicted molar refractivity (Wildman–Crippen MR) is 69.0 cm³/mol. The normalized spacial score (nSPS) is 22.3. The van der Waals surface area contributed by atoms with Crippen molar-refractivity contribution in [1.29, 1.82) is 0 Å². The zero-order chi connectivity index (χ0) is 12.5. The summed E-state index contributed by atoms with van der Waals surface area (Å²) in [5.74, 6) is 2.54. The van der Waals surface area contributed by atoms with E-state index in [1.165, 1.54) is 9.75 Å². The molecule has 0 bridgehead atoms. The maximum Gasteiger partial charge on any atom is 0.230 e. The van der Waals surface area contributed by atoms with Crippen LogP contribution < -0.4 is 0 Å². The second kappa shape index (κ2) is 4.82. The van der Waals surface area contributed by atoms with E-state index in [4.69, 9.17) is 9.26 Å². The minimum absolute atomic E-state index is 0.423. The Labute approximate surface area is 110 Å². The third kappa shape index (κ3) is 2.33. The Hall–Kier alpha value is -1.20. The number of aromatic nitrogens is 2. The van der Waals surface area contributed by atoms with E-state index >= 15 is 0 Å². The van der Waals surface area contributed by atoms with Crippen LogP contribution >= 0.6 is 11.3 Å². The largest absolute Gasteiger partial charge is 0.384 e. The highest BCUT2D eigenvalue weighted by atomic mass is 32.1. The number of nitrogens with zero attached hydrogens (tertiary/aromatic N) is 2. The van der Waals surface area contributed by atoms with Gasteiger partial charge in [-0.1, -0.05) is 5.16 Å². The molecule has 2 atom stereocenters. The summed E-state index contributed by atoms with van der Waals surface area (Å²) in [7, 11) is 1.68. The average Bonchev–Trinajstić information content (AvgIpc) is 2.83. The lowest BCUT2D eigenvalue weighted by atomic mass is 10.2. The molecule has 0 amide bonds. The molecule has 18 heavy (non-hydrogen) atoms. The maximum absolute atomic E-state index is 5.33. The molecule has 0 saturated heterocycles. The fourth-order valence-electron chi connectivity index (χ4n) is 2.15. The number of rotatable bonds is 5. The molecule has 2 heterocycles. The van der Waals surface area contributed by atoms with Gasteiger partial charge < -0.3 is 9.26 Å². The van der Waals surface area contributed by atoms with Gasteiger partial charge in [-0.05, 0) is 25.5 Å². The molecule has 0 aromatic carbocycles. The number of ether oxygens (including phenoxy) is 1. The lowest BCUT2D eigenvalue weighted by molar-refractivity contribution is 0.199. The third-order valence-corrected chi connectivity index (χ3v) is 4.38. The van der Waals surface area contributed by atoms with E-state index in [-0.39, 0.29) is 0 Å². The molecule has 0 radical (unpaired) electrons. The van der Waals surface area contributed by atoms with E-state index in [1.807, 2.05) is 11.3 Å². The molecule has 2 aromatic rings. The first-order valence-electron chi connectivity index (χ1n) is 6.15. The van der Waals surface area contributed by atoms with Crippen LogP contribution in [0.15, 0.2) is 16.7 Å². The van der Waals surface area contributed by atoms with E-state index in [2.05, 4.69) is 29.2 Å². The van der Waals surface area contributed by atoms with E-state index < -0.39 is 0 Å². The van der Waals surface area contributed by atoms with E-state index in [0.717, 1.165) is 24.6 Å². The first-order chi connectivity index (χ1) is 8.78. The van der Waals surface area contributed by atoms with Crippen molar-refractivity contribution >= 4 is 11.3 Å². The molecule has 5 heteroatoms. The first-order valence-corrected chi connectivity index (χ1v) is 6.97. The summed E-state index contributed by atoms with van der Waals surface area (Å²) in [6, 6.07) is 4.39. The van der Waals surface area contributed by atoms with Crippen LogP contribution in [0.5, 0.6) is 0 Å². The van der Waals surface area contributed by atoms with Gasteiger partial charge in [-0.15, -0.1) is 11.3 Å². The zero-order valence-corrected chi connectivity index (χ0v) is 11.4. The highest BCUT2D eigenvalue weighted by molar-refractivity contribution is 7.12. The summed E-state index contributed by atoms with van der Waals surface area (Å²) < 4.78 is 10.3. The number of hydrogen-bond acceptors (Lipinski definition) is 5. The molecule has 0 aliphatic heterocycles. The van der Waals surface area contributed by atoms with Gasteiger partial charge in [-0.25, -0.2) is 0 Å². The van der Waals surface area contributed by atoms with Crippen molar-refractivity contribution < 1.29 is 9.26 Å². The highest BCUT2D eigenvalue weighted by Crippen LogP contribution is 2.55. The average molecular weight is 264 g/mol. The summed E-state index contributed by atoms with van der Waals surface area (Å²) in [6.07, 6.45) is 1.85. The molecule has 1 fully saturated rings. The zero-order valence-electron chi connectivity index (χ0n) is 10.5. The highest BCUT2D eigenvalue weighted by Gasteiger charge is 2.44. The fraction of sp³-hybridized carbons (Fsp3) is 0.538. The molecule has 2 aromatic heterocycles. The Balaban J connectivity index is 1.65. The lowest BCUT2D eigenvalue weighted by Gasteiger charge is -1.91. The van der Waals surface area contributed by atoms with Gasteiger partial charge in [0.05, 0.1) is 6.61 Å². The van der Waals surface area contributed by atoms with Crippen LogP contribution in [0, 0.1) is 6.92 Å². The molecule has 1 aliphatic rings. The Morgan fingerprint density at radius 1 is 1.44 bits per heavy atom. The van der Waals surface area contributed by atoms with Gasteiger partial charge in [0, 0.05) is 35.1 Å². The van der Waals surface area contributed by atoms with Crippen molar-refractivity contribution in [2.24, 2.45) is 0 Å². The first kappa shape index (κ1) is 11.9. The van der Waals surface area contributed by atoms with Gasteiger partial charge in [0.25, 0.3) is 0 Å². The molecular weight excluding hydrogens is 248 g/mol. The molecule has 2 unspecified atom stereocenters. The van der Waals surface area contributed by atoms with Crippen molar-refractivity contribution in [1.82, 2.24) is 10.1 Å². The van der Waals surface area contributed by atoms with E-state index in [1.54, 1.807) is 7.11 Å². The molecule has 4 nitrogen and oxygen atoms in total. The molecule has 3 rings (SSSR count). The molecule has 96 valence electrons. The molecule has 1 saturated carbocycles. The minimum Gasteiger partial charge on any atom is -0.384 e. The summed E-state index contributed by atoms with van der Waals surface area (Å²) in [6.45, 7) is 2.78. The Kier molecular flexibility index (Phi) is 3.18. The van der Waals surface area contributed by atoms with Crippen molar-refractivity contribution in [2.75, 3.05) is 13.7 Å². The Morgan fingerprint density at radius 3 is 3.06 bits per heavy atom. The van der Waals surface area contributed by atoms with Crippen LogP contribution in [0.2, 0.25) is 0 Å². The molecule has 1 aliphatic carbocycles. The van der Waals surface area contributed by atoms with Gasteiger partial charge in [-0.2, -0.15) is 4.98 Å². The van der Waals surface area contributed by atoms with Crippen LogP contribution in [0.3, 0.4) is 0 Å². The summed E-state index contributed by atoms with van der Waals surface area (Å²) in [5, 5.41) is 3.99. The van der Waals surface area contributed by atoms with Gasteiger partial charge in [-0.3, -0.25) is 0 Å². The van der Waals surface area contributed by atoms with Gasteiger partial charge in [0.2, 0.25) is 5.89 Å². The van der Waals surface area contributed by atoms with Crippen LogP contribution in [-0.2, 0) is 11.2 Å². The second-order valence-electron chi connectivity index (χ2n) is 4.69. The van der Waals surface area contributed by atoms with Gasteiger partial charge in [0.15, 0.2) is 5.82 Å². The summed E-state index contributed by atoms with van der Waals surface area (Å²) in [4.78, 5) is 7.24. The second-order valence-corrected chi connectivity index (χ2v) is 6.01. The third-order valence-electron chi connectivity index (χ3n) is 3.25. The quantitative estimate of drug-likeness (QED) is 0.833. The van der Waals surface area contributed by atoms with Crippen LogP contribution in [0.4, 0.5) is 0 Å². The molecule has 0 spiro atoms. The van der Waals surface area contributed by atoms with Crippen LogP contribution in [0.25, 0.3) is 0 Å². The number of methoxy groups -OCH3 is 1. The van der Waals surface area contributed by atoms with E-state index in [9.17, 15) is 0 Å². The Morgan fingerprint density at radius 2 is 2.33 bits per heavy atom. The van der Waals surface area contributed by atoms with Crippen LogP contribution in [-0.4, -0.2) is 23.9 Å². The van der Waals surface area contributed by atoms with Crippen molar-refractivity contribution in [2.45, 2.75) is 31.6 Å². The standard InChI is InChI=1S/C13H16N2O2S/c1-8-3-4-11(18-8)9-7-10(9)13-14-12(15-17-13)5-6-16-2/h3-4,9-10H,5-7H2,1-2H3. The van der Waals surface area contributed by atoms with Crippen molar-refractivity contribution in [3.05, 3.63) is 33.6 Å². The SMILES string of the molecule is COCCc1noc(C2CC2c2ccc(C)s2)n1. The van der Waals surface area contributed by atoms with Crippen LogP contribution in [0.1, 0.15) is 39.7 Å². The minimum atomic E-state index is 0.423. The lowest BCUT2D eigenvalue weighted by Crippen LogP contribution is -1.96. The number of aryl methyl sites for hydroxylation is 1. The molecular formula is C13H16N2O2S. The summed E-state index contributed by atoms with van der Waals surface area (Å²) in [5.41, 5.74) is 0. The van der Waals surface area contributed by atoms with Crippen molar-refractivity contribution in [3.63, 3.8) is 0 Å². The summed E-state index contributed by atoms with van der Waals surface area (Å²) >= 11 is 1.87. The fourth-order valence-corrected chi connectivity index (χ4v) is 3.20. The Bertz CT molecular complexity index is 535. The number of thiophene rings is 1. The maximum atomic E-state index is 5.33. The number of hydrogen-bond donors (Lipinski definition) is 0. The van der Waals surface area contributed by atoms with E-state index in [0.29, 0.717) is 18.4 Å². The monoisotopic (exact) mass is 264 g/mol. The van der Waals surface area contributed by atoms with Gasteiger partial charge >= 0.3 is 0 Å².